The third-order valence-corrected chi connectivity index (χ3v) is 5.58. The fraction of sp³-hybridized carbons (Fsp3) is 0.348. The first-order valence-corrected chi connectivity index (χ1v) is 10.2. The molecule has 4 rings (SSSR count). The van der Waals surface area contributed by atoms with Gasteiger partial charge >= 0.3 is 0 Å². The van der Waals surface area contributed by atoms with Crippen LogP contribution in [0.25, 0.3) is 22.5 Å². The molecule has 0 radical (unpaired) electrons. The van der Waals surface area contributed by atoms with E-state index in [1.807, 2.05) is 19.2 Å². The summed E-state index contributed by atoms with van der Waals surface area (Å²) in [7, 11) is 1.81. The molecule has 1 saturated heterocycles. The first-order valence-electron chi connectivity index (χ1n) is 10.2. The molecule has 6 nitrogen and oxygen atoms in total. The standard InChI is InChI=1S/C23H27N5O/c1-3-16-6-8-18(9-7-16)21-20(19-5-4-11-24-15-19)27-22(23(29)28(21)2)26-14-17-10-12-25-13-17/h4-9,11,15,17,25H,3,10,12-14H2,1-2H3,(H,26,27)/t17-/m0/s1. The minimum absolute atomic E-state index is 0.113. The quantitative estimate of drug-likeness (QED) is 0.678. The number of hydrogen-bond acceptors (Lipinski definition) is 5. The van der Waals surface area contributed by atoms with E-state index in [9.17, 15) is 4.79 Å². The molecule has 0 spiro atoms. The number of aromatic nitrogens is 3. The topological polar surface area (TPSA) is 71.8 Å². The largest absolute Gasteiger partial charge is 0.365 e. The zero-order valence-electron chi connectivity index (χ0n) is 17.0. The second-order valence-electron chi connectivity index (χ2n) is 7.55. The molecule has 3 aromatic rings. The second-order valence-corrected chi connectivity index (χ2v) is 7.55. The zero-order valence-corrected chi connectivity index (χ0v) is 17.0. The summed E-state index contributed by atoms with van der Waals surface area (Å²) in [6.45, 7) is 4.88. The van der Waals surface area contributed by atoms with E-state index < -0.39 is 0 Å². The molecule has 1 aliphatic rings. The van der Waals surface area contributed by atoms with Crippen molar-refractivity contribution in [3.63, 3.8) is 0 Å². The normalized spacial score (nSPS) is 16.1. The van der Waals surface area contributed by atoms with Gasteiger partial charge < -0.3 is 15.2 Å². The monoisotopic (exact) mass is 389 g/mol. The van der Waals surface area contributed by atoms with Gasteiger partial charge in [0.2, 0.25) is 0 Å². The third-order valence-electron chi connectivity index (χ3n) is 5.58. The summed E-state index contributed by atoms with van der Waals surface area (Å²) in [6, 6.07) is 12.2. The zero-order chi connectivity index (χ0) is 20.2. The van der Waals surface area contributed by atoms with Gasteiger partial charge in [-0.25, -0.2) is 4.98 Å². The molecule has 0 saturated carbocycles. The van der Waals surface area contributed by atoms with E-state index in [0.29, 0.717) is 11.7 Å². The van der Waals surface area contributed by atoms with Crippen LogP contribution < -0.4 is 16.2 Å². The number of nitrogens with zero attached hydrogens (tertiary/aromatic N) is 3. The second kappa shape index (κ2) is 8.57. The summed E-state index contributed by atoms with van der Waals surface area (Å²) in [6.07, 6.45) is 5.63. The molecule has 0 aliphatic carbocycles. The van der Waals surface area contributed by atoms with Gasteiger partial charge in [-0.2, -0.15) is 0 Å². The highest BCUT2D eigenvalue weighted by molar-refractivity contribution is 5.79. The minimum atomic E-state index is -0.113. The van der Waals surface area contributed by atoms with Crippen molar-refractivity contribution in [1.82, 2.24) is 19.9 Å². The Morgan fingerprint density at radius 3 is 2.69 bits per heavy atom. The van der Waals surface area contributed by atoms with Crippen LogP contribution >= 0.6 is 0 Å². The SMILES string of the molecule is CCc1ccc(-c2c(-c3cccnc3)nc(NC[C@H]3CCNC3)c(=O)n2C)cc1. The summed E-state index contributed by atoms with van der Waals surface area (Å²) in [4.78, 5) is 22.1. The van der Waals surface area contributed by atoms with Gasteiger partial charge in [-0.3, -0.25) is 9.78 Å². The van der Waals surface area contributed by atoms with E-state index in [4.69, 9.17) is 4.98 Å². The number of hydrogen-bond donors (Lipinski definition) is 2. The molecule has 6 heteroatoms. The van der Waals surface area contributed by atoms with Crippen LogP contribution in [0.5, 0.6) is 0 Å². The predicted molar refractivity (Wildman–Crippen MR) is 117 cm³/mol. The Balaban J connectivity index is 1.80. The smallest absolute Gasteiger partial charge is 0.293 e. The molecule has 150 valence electrons. The Bertz CT molecular complexity index is 1020. The molecule has 2 N–H and O–H groups in total. The molecular formula is C23H27N5O. The average Bonchev–Trinajstić information content (AvgIpc) is 3.29. The van der Waals surface area contributed by atoms with Gasteiger partial charge in [0.05, 0.1) is 11.4 Å². The summed E-state index contributed by atoms with van der Waals surface area (Å²) in [5.41, 5.74) is 4.58. The fourth-order valence-electron chi connectivity index (χ4n) is 3.81. The van der Waals surface area contributed by atoms with E-state index in [-0.39, 0.29) is 5.56 Å². The van der Waals surface area contributed by atoms with E-state index in [1.54, 1.807) is 17.0 Å². The first kappa shape index (κ1) is 19.3. The molecular weight excluding hydrogens is 362 g/mol. The Morgan fingerprint density at radius 2 is 2.03 bits per heavy atom. The number of anilines is 1. The van der Waals surface area contributed by atoms with Gasteiger partial charge in [0.1, 0.15) is 0 Å². The van der Waals surface area contributed by atoms with E-state index in [0.717, 1.165) is 55.0 Å². The molecule has 1 aliphatic heterocycles. The van der Waals surface area contributed by atoms with Gasteiger partial charge in [-0.05, 0) is 49.5 Å². The van der Waals surface area contributed by atoms with Gasteiger partial charge in [-0.15, -0.1) is 0 Å². The Labute approximate surface area is 171 Å². The highest BCUT2D eigenvalue weighted by Crippen LogP contribution is 2.30. The maximum atomic E-state index is 13.1. The van der Waals surface area contributed by atoms with E-state index >= 15 is 0 Å². The van der Waals surface area contributed by atoms with Crippen molar-refractivity contribution < 1.29 is 0 Å². The number of benzene rings is 1. The van der Waals surface area contributed by atoms with Crippen molar-refractivity contribution in [3.8, 4) is 22.5 Å². The first-order chi connectivity index (χ1) is 14.2. The van der Waals surface area contributed by atoms with Crippen LogP contribution in [0.1, 0.15) is 18.9 Å². The maximum absolute atomic E-state index is 13.1. The number of nitrogens with one attached hydrogen (secondary N) is 2. The van der Waals surface area contributed by atoms with Crippen molar-refractivity contribution in [2.75, 3.05) is 25.0 Å². The average molecular weight is 390 g/mol. The lowest BCUT2D eigenvalue weighted by Gasteiger charge is -2.17. The lowest BCUT2D eigenvalue weighted by Crippen LogP contribution is -2.27. The van der Waals surface area contributed by atoms with Crippen molar-refractivity contribution >= 4 is 5.82 Å². The Kier molecular flexibility index (Phi) is 5.71. The molecule has 3 heterocycles. The van der Waals surface area contributed by atoms with Crippen molar-refractivity contribution in [2.45, 2.75) is 19.8 Å². The van der Waals surface area contributed by atoms with Gasteiger partial charge in [0.15, 0.2) is 5.82 Å². The molecule has 0 unspecified atom stereocenters. The lowest BCUT2D eigenvalue weighted by molar-refractivity contribution is 0.613. The number of aryl methyl sites for hydroxylation is 1. The Hall–Kier alpha value is -2.99. The summed E-state index contributed by atoms with van der Waals surface area (Å²) in [5, 5.41) is 6.66. The van der Waals surface area contributed by atoms with Gasteiger partial charge in [0, 0.05) is 37.1 Å². The minimum Gasteiger partial charge on any atom is -0.365 e. The van der Waals surface area contributed by atoms with Crippen LogP contribution in [-0.2, 0) is 13.5 Å². The fourth-order valence-corrected chi connectivity index (χ4v) is 3.81. The molecule has 0 bridgehead atoms. The molecule has 1 atom stereocenters. The number of pyridine rings is 1. The van der Waals surface area contributed by atoms with E-state index in [2.05, 4.69) is 46.8 Å². The van der Waals surface area contributed by atoms with Crippen molar-refractivity contribution in [1.29, 1.82) is 0 Å². The van der Waals surface area contributed by atoms with E-state index in [1.165, 1.54) is 5.56 Å². The lowest BCUT2D eigenvalue weighted by atomic mass is 10.0. The van der Waals surface area contributed by atoms with Crippen LogP contribution in [0, 0.1) is 5.92 Å². The van der Waals surface area contributed by atoms with Crippen LogP contribution in [0.15, 0.2) is 53.6 Å². The highest BCUT2D eigenvalue weighted by atomic mass is 16.1. The molecule has 1 fully saturated rings. The van der Waals surface area contributed by atoms with Crippen LogP contribution in [0.4, 0.5) is 5.82 Å². The van der Waals surface area contributed by atoms with Crippen molar-refractivity contribution in [3.05, 3.63) is 64.7 Å². The molecule has 2 aromatic heterocycles. The summed E-state index contributed by atoms with van der Waals surface area (Å²) >= 11 is 0. The van der Waals surface area contributed by atoms with Crippen LogP contribution in [0.3, 0.4) is 0 Å². The van der Waals surface area contributed by atoms with Gasteiger partial charge in [0.25, 0.3) is 5.56 Å². The summed E-state index contributed by atoms with van der Waals surface area (Å²) in [5.74, 6) is 0.914. The number of rotatable bonds is 6. The van der Waals surface area contributed by atoms with Crippen LogP contribution in [0.2, 0.25) is 0 Å². The highest BCUT2D eigenvalue weighted by Gasteiger charge is 2.19. The van der Waals surface area contributed by atoms with Crippen molar-refractivity contribution in [2.24, 2.45) is 13.0 Å². The molecule has 0 amide bonds. The summed E-state index contributed by atoms with van der Waals surface area (Å²) < 4.78 is 1.70. The maximum Gasteiger partial charge on any atom is 0.293 e. The van der Waals surface area contributed by atoms with Gasteiger partial charge in [-0.1, -0.05) is 31.2 Å². The third kappa shape index (κ3) is 4.07. The van der Waals surface area contributed by atoms with Crippen LogP contribution in [-0.4, -0.2) is 34.2 Å². The Morgan fingerprint density at radius 1 is 1.21 bits per heavy atom. The molecule has 29 heavy (non-hydrogen) atoms. The molecule has 1 aromatic carbocycles. The predicted octanol–water partition coefficient (Wildman–Crippen LogP) is 3.09.